The number of anilines is 3. The lowest BCUT2D eigenvalue weighted by atomic mass is 10.0. The lowest BCUT2D eigenvalue weighted by Gasteiger charge is -2.33. The number of ether oxygens (including phenoxy) is 1. The minimum Gasteiger partial charge on any atom is -0.457 e. The number of likely N-dealkylation sites (tertiary alicyclic amines) is 1. The second kappa shape index (κ2) is 11.8. The number of carbonyl (C=O) groups excluding carboxylic acids is 3. The number of urea groups is 1. The fraction of sp³-hybridized carbons (Fsp3) is 0.226. The molecule has 0 saturated carbocycles. The molecule has 1 fully saturated rings. The van der Waals surface area contributed by atoms with E-state index in [1.54, 1.807) is 23.2 Å². The standard InChI is InChI=1S/C31H29FN6O4S/c1-18-16-21(42-20-7-3-2-4-8-20)9-10-23(18)38-24-12-14-34-29-25(24)26(36-31(38)41)27(43-29)28(39)35-19-6-5-15-37(17-19)30(40)22(32)11-13-33/h2-4,7-12,14,16,19H,5-6,13,15,17,33H2,1H3,(H,35,39)(H,36,41). The highest BCUT2D eigenvalue weighted by Crippen LogP contribution is 2.46. The molecular formula is C31H29FN6O4S. The van der Waals surface area contributed by atoms with Gasteiger partial charge in [0, 0.05) is 31.9 Å². The van der Waals surface area contributed by atoms with Gasteiger partial charge in [0.15, 0.2) is 5.83 Å². The number of thiophene rings is 1. The normalized spacial score (nSPS) is 16.7. The summed E-state index contributed by atoms with van der Waals surface area (Å²) in [4.78, 5) is 47.8. The molecule has 4 aromatic rings. The van der Waals surface area contributed by atoms with Crippen molar-refractivity contribution in [2.75, 3.05) is 29.9 Å². The maximum atomic E-state index is 14.1. The third-order valence-electron chi connectivity index (χ3n) is 7.39. The van der Waals surface area contributed by atoms with Gasteiger partial charge in [0.25, 0.3) is 11.8 Å². The number of carbonyl (C=O) groups is 3. The Balaban J connectivity index is 1.25. The van der Waals surface area contributed by atoms with E-state index in [4.69, 9.17) is 10.5 Å². The number of nitrogens with zero attached hydrogens (tertiary/aromatic N) is 3. The van der Waals surface area contributed by atoms with Gasteiger partial charge in [-0.2, -0.15) is 0 Å². The number of benzene rings is 2. The van der Waals surface area contributed by atoms with E-state index < -0.39 is 23.7 Å². The van der Waals surface area contributed by atoms with Crippen LogP contribution in [0.2, 0.25) is 0 Å². The Bertz CT molecular complexity index is 1760. The van der Waals surface area contributed by atoms with Crippen LogP contribution in [0.4, 0.5) is 26.2 Å². The summed E-state index contributed by atoms with van der Waals surface area (Å²) in [6.45, 7) is 2.39. The Labute approximate surface area is 250 Å². The molecule has 0 spiro atoms. The lowest BCUT2D eigenvalue weighted by molar-refractivity contribution is -0.130. The van der Waals surface area contributed by atoms with Crippen molar-refractivity contribution >= 4 is 56.5 Å². The van der Waals surface area contributed by atoms with Gasteiger partial charge in [-0.15, -0.1) is 11.3 Å². The quantitative estimate of drug-likeness (QED) is 0.236. The van der Waals surface area contributed by atoms with Crippen molar-refractivity contribution in [3.8, 4) is 11.5 Å². The molecule has 1 atom stereocenters. The first-order valence-electron chi connectivity index (χ1n) is 13.9. The molecule has 0 bridgehead atoms. The summed E-state index contributed by atoms with van der Waals surface area (Å²) in [6, 6.07) is 15.9. The highest BCUT2D eigenvalue weighted by molar-refractivity contribution is 7.21. The molecule has 6 rings (SSSR count). The fourth-order valence-electron chi connectivity index (χ4n) is 5.42. The number of para-hydroxylation sites is 1. The predicted molar refractivity (Wildman–Crippen MR) is 164 cm³/mol. The molecule has 0 radical (unpaired) electrons. The van der Waals surface area contributed by atoms with Crippen molar-refractivity contribution in [3.05, 3.63) is 83.1 Å². The summed E-state index contributed by atoms with van der Waals surface area (Å²) in [7, 11) is 0. The van der Waals surface area contributed by atoms with E-state index in [1.165, 1.54) is 16.2 Å². The first kappa shape index (κ1) is 28.3. The molecule has 2 aliphatic heterocycles. The maximum absolute atomic E-state index is 14.1. The van der Waals surface area contributed by atoms with Gasteiger partial charge in [-0.1, -0.05) is 18.2 Å². The minimum absolute atomic E-state index is 0.0764. The molecule has 220 valence electrons. The monoisotopic (exact) mass is 600 g/mol. The molecule has 0 aliphatic carbocycles. The number of hydrogen-bond acceptors (Lipinski definition) is 7. The molecule has 2 aliphatic rings. The zero-order valence-electron chi connectivity index (χ0n) is 23.3. The lowest BCUT2D eigenvalue weighted by Crippen LogP contribution is -2.49. The Morgan fingerprint density at radius 1 is 1.19 bits per heavy atom. The van der Waals surface area contributed by atoms with Crippen LogP contribution >= 0.6 is 11.3 Å². The number of aryl methyl sites for hydroxylation is 1. The summed E-state index contributed by atoms with van der Waals surface area (Å²) in [5, 5.41) is 6.54. The zero-order chi connectivity index (χ0) is 30.1. The molecule has 10 nitrogen and oxygen atoms in total. The van der Waals surface area contributed by atoms with Crippen LogP contribution in [0.1, 0.15) is 28.1 Å². The van der Waals surface area contributed by atoms with Crippen LogP contribution < -0.4 is 26.0 Å². The summed E-state index contributed by atoms with van der Waals surface area (Å²) in [5.74, 6) is -0.687. The molecule has 1 unspecified atom stereocenters. The number of halogens is 1. The van der Waals surface area contributed by atoms with Crippen molar-refractivity contribution in [1.82, 2.24) is 15.2 Å². The van der Waals surface area contributed by atoms with Crippen LogP contribution in [0.3, 0.4) is 0 Å². The van der Waals surface area contributed by atoms with Crippen LogP contribution in [0, 0.1) is 6.92 Å². The number of rotatable bonds is 7. The number of amides is 4. The number of nitrogens with two attached hydrogens (primary N) is 1. The molecule has 43 heavy (non-hydrogen) atoms. The Morgan fingerprint density at radius 2 is 2.00 bits per heavy atom. The van der Waals surface area contributed by atoms with E-state index in [9.17, 15) is 18.8 Å². The van der Waals surface area contributed by atoms with E-state index in [0.29, 0.717) is 63.0 Å². The zero-order valence-corrected chi connectivity index (χ0v) is 24.1. The third kappa shape index (κ3) is 5.54. The number of aromatic nitrogens is 1. The van der Waals surface area contributed by atoms with Gasteiger partial charge in [0.1, 0.15) is 21.2 Å². The highest BCUT2D eigenvalue weighted by atomic mass is 32.1. The average Bonchev–Trinajstić information content (AvgIpc) is 3.38. The van der Waals surface area contributed by atoms with Crippen molar-refractivity contribution in [2.24, 2.45) is 5.73 Å². The van der Waals surface area contributed by atoms with Gasteiger partial charge in [0.2, 0.25) is 0 Å². The first-order valence-corrected chi connectivity index (χ1v) is 14.7. The summed E-state index contributed by atoms with van der Waals surface area (Å²) < 4.78 is 20.0. The molecule has 1 saturated heterocycles. The molecule has 4 heterocycles. The summed E-state index contributed by atoms with van der Waals surface area (Å²) >= 11 is 1.18. The van der Waals surface area contributed by atoms with Gasteiger partial charge in [-0.05, 0) is 67.8 Å². The Kier molecular flexibility index (Phi) is 7.78. The van der Waals surface area contributed by atoms with Crippen molar-refractivity contribution in [2.45, 2.75) is 25.8 Å². The van der Waals surface area contributed by atoms with Crippen molar-refractivity contribution in [3.63, 3.8) is 0 Å². The Hall–Kier alpha value is -4.81. The molecule has 4 N–H and O–H groups in total. The van der Waals surface area contributed by atoms with Crippen LogP contribution in [-0.4, -0.2) is 53.4 Å². The highest BCUT2D eigenvalue weighted by Gasteiger charge is 2.34. The maximum Gasteiger partial charge on any atom is 0.331 e. The number of nitrogens with one attached hydrogen (secondary N) is 2. The predicted octanol–water partition coefficient (Wildman–Crippen LogP) is 5.61. The summed E-state index contributed by atoms with van der Waals surface area (Å²) in [6.07, 6.45) is 3.89. The second-order valence-corrected chi connectivity index (χ2v) is 11.3. The van der Waals surface area contributed by atoms with E-state index >= 15 is 0 Å². The average molecular weight is 601 g/mol. The molecule has 12 heteroatoms. The van der Waals surface area contributed by atoms with E-state index in [1.807, 2.05) is 49.4 Å². The smallest absolute Gasteiger partial charge is 0.331 e. The minimum atomic E-state index is -0.900. The topological polar surface area (TPSA) is 130 Å². The van der Waals surface area contributed by atoms with Gasteiger partial charge in [-0.25, -0.2) is 14.2 Å². The largest absolute Gasteiger partial charge is 0.457 e. The van der Waals surface area contributed by atoms with E-state index in [0.717, 1.165) is 11.6 Å². The summed E-state index contributed by atoms with van der Waals surface area (Å²) in [5.41, 5.74) is 7.82. The third-order valence-corrected chi connectivity index (χ3v) is 8.48. The molecule has 2 aromatic heterocycles. The van der Waals surface area contributed by atoms with Crippen molar-refractivity contribution in [1.29, 1.82) is 0 Å². The van der Waals surface area contributed by atoms with Gasteiger partial charge in [-0.3, -0.25) is 14.5 Å². The van der Waals surface area contributed by atoms with Crippen LogP contribution in [0.5, 0.6) is 11.5 Å². The van der Waals surface area contributed by atoms with Gasteiger partial charge in [0.05, 0.1) is 22.4 Å². The van der Waals surface area contributed by atoms with Crippen LogP contribution in [0.15, 0.2) is 72.7 Å². The Morgan fingerprint density at radius 3 is 2.77 bits per heavy atom. The van der Waals surface area contributed by atoms with Crippen LogP contribution in [-0.2, 0) is 4.79 Å². The van der Waals surface area contributed by atoms with Gasteiger partial charge >= 0.3 is 6.03 Å². The molecule has 2 aromatic carbocycles. The van der Waals surface area contributed by atoms with E-state index in [2.05, 4.69) is 15.6 Å². The van der Waals surface area contributed by atoms with Gasteiger partial charge < -0.3 is 26.0 Å². The SMILES string of the molecule is Cc1cc(Oc2ccccc2)ccc1N1C(=O)Nc2c(C(=O)NC3CCCN(C(=O)C(F)=CCN)C3)sc3nccc1c23. The fourth-order valence-corrected chi connectivity index (χ4v) is 6.45. The number of pyridine rings is 1. The molecular weight excluding hydrogens is 571 g/mol. The number of piperidine rings is 1. The van der Waals surface area contributed by atoms with Crippen LogP contribution in [0.25, 0.3) is 10.2 Å². The van der Waals surface area contributed by atoms with E-state index in [-0.39, 0.29) is 19.1 Å². The second-order valence-electron chi connectivity index (χ2n) is 10.3. The molecule has 4 amide bonds. The first-order chi connectivity index (χ1) is 20.8. The number of hydrogen-bond donors (Lipinski definition) is 3. The van der Waals surface area contributed by atoms with Crippen molar-refractivity contribution < 1.29 is 23.5 Å².